The molecule has 1 aliphatic heterocycles. The predicted octanol–water partition coefficient (Wildman–Crippen LogP) is 4.46. The molecule has 0 bridgehead atoms. The molecular weight excluding hydrogens is 247 g/mol. The maximum Gasteiger partial charge on any atom is 0.107 e. The molecular formula is C18H22P+. The summed E-state index contributed by atoms with van der Waals surface area (Å²) in [6.45, 7) is 4.82. The molecule has 1 heteroatoms. The van der Waals surface area contributed by atoms with Crippen LogP contribution >= 0.6 is 7.26 Å². The second-order valence-corrected chi connectivity index (χ2v) is 9.45. The van der Waals surface area contributed by atoms with Crippen LogP contribution in [0, 0.1) is 0 Å². The Hall–Kier alpha value is -1.13. The Morgan fingerprint density at radius 2 is 1.32 bits per heavy atom. The minimum Gasteiger partial charge on any atom is -0.0654 e. The van der Waals surface area contributed by atoms with Gasteiger partial charge in [0.15, 0.2) is 0 Å². The van der Waals surface area contributed by atoms with E-state index in [1.165, 1.54) is 36.6 Å². The quantitative estimate of drug-likeness (QED) is 0.568. The van der Waals surface area contributed by atoms with Crippen LogP contribution in [0.15, 0.2) is 48.5 Å². The summed E-state index contributed by atoms with van der Waals surface area (Å²) in [6, 6.07) is 18.1. The molecule has 1 aliphatic rings. The summed E-state index contributed by atoms with van der Waals surface area (Å²) in [5.41, 5.74) is 2.98. The molecule has 2 aromatic rings. The first-order valence-corrected chi connectivity index (χ1v) is 9.74. The third kappa shape index (κ3) is 2.03. The summed E-state index contributed by atoms with van der Waals surface area (Å²) in [5, 5.41) is 3.26. The van der Waals surface area contributed by atoms with Crippen molar-refractivity contribution < 1.29 is 0 Å². The lowest BCUT2D eigenvalue weighted by Gasteiger charge is -2.19. The Labute approximate surface area is 117 Å². The number of fused-ring (bicyclic) bond motifs is 3. The second-order valence-electron chi connectivity index (χ2n) is 5.66. The molecule has 0 spiro atoms. The van der Waals surface area contributed by atoms with Crippen LogP contribution in [-0.4, -0.2) is 12.8 Å². The number of unbranched alkanes of at least 4 members (excludes halogenated alkanes) is 2. The van der Waals surface area contributed by atoms with Gasteiger partial charge >= 0.3 is 0 Å². The molecule has 1 heterocycles. The minimum atomic E-state index is -1.13. The summed E-state index contributed by atoms with van der Waals surface area (Å²) < 4.78 is 0. The smallest absolute Gasteiger partial charge is 0.0654 e. The second kappa shape index (κ2) is 5.10. The molecule has 0 N–H and O–H groups in total. The minimum absolute atomic E-state index is 1.13. The average molecular weight is 269 g/mol. The average Bonchev–Trinajstić information content (AvgIpc) is 2.71. The van der Waals surface area contributed by atoms with Gasteiger partial charge in [-0.1, -0.05) is 56.2 Å². The summed E-state index contributed by atoms with van der Waals surface area (Å²) in [5.74, 6) is 0. The Kier molecular flexibility index (Phi) is 3.46. The molecule has 0 fully saturated rings. The molecule has 0 saturated heterocycles. The highest BCUT2D eigenvalue weighted by molar-refractivity contribution is 7.90. The van der Waals surface area contributed by atoms with Crippen molar-refractivity contribution in [3.05, 3.63) is 48.5 Å². The highest BCUT2D eigenvalue weighted by Crippen LogP contribution is 2.60. The molecule has 3 rings (SSSR count). The van der Waals surface area contributed by atoms with E-state index in [1.54, 1.807) is 10.6 Å². The van der Waals surface area contributed by atoms with Crippen LogP contribution in [-0.2, 0) is 0 Å². The Bertz CT molecular complexity index is 540. The van der Waals surface area contributed by atoms with E-state index in [-0.39, 0.29) is 0 Å². The molecule has 0 aliphatic carbocycles. The molecule has 0 atom stereocenters. The molecule has 0 nitrogen and oxygen atoms in total. The fourth-order valence-corrected chi connectivity index (χ4v) is 7.19. The van der Waals surface area contributed by atoms with Gasteiger partial charge in [0.25, 0.3) is 0 Å². The number of rotatable bonds is 4. The van der Waals surface area contributed by atoms with Crippen LogP contribution in [0.2, 0.25) is 0 Å². The number of hydrogen-bond acceptors (Lipinski definition) is 0. The highest BCUT2D eigenvalue weighted by Gasteiger charge is 2.45. The van der Waals surface area contributed by atoms with Gasteiger partial charge in [0, 0.05) is 11.1 Å². The molecule has 0 saturated carbocycles. The maximum absolute atomic E-state index is 2.54. The molecule has 2 aromatic carbocycles. The van der Waals surface area contributed by atoms with Crippen LogP contribution in [0.3, 0.4) is 0 Å². The predicted molar refractivity (Wildman–Crippen MR) is 88.4 cm³/mol. The van der Waals surface area contributed by atoms with Crippen LogP contribution in [0.1, 0.15) is 26.2 Å². The van der Waals surface area contributed by atoms with E-state index in [0.717, 1.165) is 0 Å². The summed E-state index contributed by atoms with van der Waals surface area (Å²) >= 11 is 0. The van der Waals surface area contributed by atoms with Gasteiger partial charge in [0.05, 0.1) is 20.1 Å². The summed E-state index contributed by atoms with van der Waals surface area (Å²) in [6.07, 6.45) is 5.40. The van der Waals surface area contributed by atoms with Crippen molar-refractivity contribution in [2.45, 2.75) is 26.2 Å². The van der Waals surface area contributed by atoms with E-state index in [9.17, 15) is 0 Å². The molecule has 19 heavy (non-hydrogen) atoms. The van der Waals surface area contributed by atoms with Gasteiger partial charge in [-0.25, -0.2) is 0 Å². The zero-order chi connectivity index (χ0) is 13.3. The van der Waals surface area contributed by atoms with Gasteiger partial charge in [-0.05, 0) is 18.6 Å². The number of benzene rings is 2. The van der Waals surface area contributed by atoms with Crippen molar-refractivity contribution in [2.24, 2.45) is 0 Å². The monoisotopic (exact) mass is 269 g/mol. The van der Waals surface area contributed by atoms with E-state index in [1.807, 2.05) is 0 Å². The largest absolute Gasteiger partial charge is 0.107 e. The van der Waals surface area contributed by atoms with Crippen LogP contribution in [0.5, 0.6) is 0 Å². The molecule has 0 aromatic heterocycles. The van der Waals surface area contributed by atoms with E-state index >= 15 is 0 Å². The first kappa shape index (κ1) is 12.9. The lowest BCUT2D eigenvalue weighted by atomic mass is 10.1. The Morgan fingerprint density at radius 3 is 1.84 bits per heavy atom. The van der Waals surface area contributed by atoms with Gasteiger partial charge in [-0.15, -0.1) is 0 Å². The highest BCUT2D eigenvalue weighted by atomic mass is 31.2. The van der Waals surface area contributed by atoms with Crippen LogP contribution in [0.25, 0.3) is 11.1 Å². The summed E-state index contributed by atoms with van der Waals surface area (Å²) in [4.78, 5) is 0. The fourth-order valence-electron chi connectivity index (χ4n) is 3.31. The molecule has 0 amide bonds. The Morgan fingerprint density at radius 1 is 0.789 bits per heavy atom. The van der Waals surface area contributed by atoms with E-state index in [4.69, 9.17) is 0 Å². The third-order valence-corrected chi connectivity index (χ3v) is 8.49. The fraction of sp³-hybridized carbons (Fsp3) is 0.333. The van der Waals surface area contributed by atoms with E-state index in [0.29, 0.717) is 0 Å². The Balaban J connectivity index is 2.09. The summed E-state index contributed by atoms with van der Waals surface area (Å²) in [7, 11) is -1.13. The SMILES string of the molecule is CCCCC[P+]1(C)c2ccccc2-c2ccccc21. The zero-order valence-corrected chi connectivity index (χ0v) is 12.8. The van der Waals surface area contributed by atoms with Crippen molar-refractivity contribution in [3.63, 3.8) is 0 Å². The van der Waals surface area contributed by atoms with Crippen molar-refractivity contribution >= 4 is 17.9 Å². The molecule has 98 valence electrons. The van der Waals surface area contributed by atoms with Gasteiger partial charge in [0.2, 0.25) is 0 Å². The standard InChI is InChI=1S/C18H22P/c1-3-4-9-14-19(2)17-12-7-5-10-15(17)16-11-6-8-13-18(16)19/h5-8,10-13H,3-4,9,14H2,1-2H3/q+1. The third-order valence-electron chi connectivity index (χ3n) is 4.37. The van der Waals surface area contributed by atoms with Crippen LogP contribution < -0.4 is 10.6 Å². The van der Waals surface area contributed by atoms with E-state index in [2.05, 4.69) is 62.1 Å². The number of hydrogen-bond donors (Lipinski definition) is 0. The zero-order valence-electron chi connectivity index (χ0n) is 11.9. The van der Waals surface area contributed by atoms with Gasteiger partial charge in [-0.2, -0.15) is 0 Å². The lowest BCUT2D eigenvalue weighted by molar-refractivity contribution is 0.776. The maximum atomic E-state index is 2.54. The first-order chi connectivity index (χ1) is 9.27. The van der Waals surface area contributed by atoms with Gasteiger partial charge in [-0.3, -0.25) is 0 Å². The molecule has 0 unspecified atom stereocenters. The van der Waals surface area contributed by atoms with Gasteiger partial charge in [0.1, 0.15) is 10.6 Å². The van der Waals surface area contributed by atoms with Crippen molar-refractivity contribution in [1.82, 2.24) is 0 Å². The van der Waals surface area contributed by atoms with Crippen molar-refractivity contribution in [1.29, 1.82) is 0 Å². The van der Waals surface area contributed by atoms with Crippen molar-refractivity contribution in [3.8, 4) is 11.1 Å². The van der Waals surface area contributed by atoms with Gasteiger partial charge < -0.3 is 0 Å². The van der Waals surface area contributed by atoms with Crippen LogP contribution in [0.4, 0.5) is 0 Å². The van der Waals surface area contributed by atoms with E-state index < -0.39 is 7.26 Å². The lowest BCUT2D eigenvalue weighted by Crippen LogP contribution is -2.18. The molecule has 0 radical (unpaired) electrons. The normalized spacial score (nSPS) is 15.1. The first-order valence-electron chi connectivity index (χ1n) is 7.32. The topological polar surface area (TPSA) is 0 Å². The van der Waals surface area contributed by atoms with Crippen molar-refractivity contribution in [2.75, 3.05) is 12.8 Å².